The van der Waals surface area contributed by atoms with Crippen molar-refractivity contribution < 1.29 is 44.1 Å². The highest BCUT2D eigenvalue weighted by Crippen LogP contribution is 2.20. The van der Waals surface area contributed by atoms with Gasteiger partial charge in [0.2, 0.25) is 17.7 Å². The molecule has 13 heteroatoms. The lowest BCUT2D eigenvalue weighted by Gasteiger charge is -2.29. The van der Waals surface area contributed by atoms with Crippen LogP contribution in [0.1, 0.15) is 44.9 Å². The highest BCUT2D eigenvalue weighted by Gasteiger charge is 2.40. The molecule has 0 aromatic rings. The number of carbonyl (C=O) groups excluding carboxylic acids is 3. The number of hydrogen-bond donors (Lipinski definition) is 6. The van der Waals surface area contributed by atoms with E-state index >= 15 is 0 Å². The predicted molar refractivity (Wildman–Crippen MR) is 106 cm³/mol. The number of rotatable bonds is 11. The maximum atomic E-state index is 13.0. The fourth-order valence-corrected chi connectivity index (χ4v) is 3.85. The molecule has 2 aliphatic heterocycles. The second-order valence-electron chi connectivity index (χ2n) is 7.83. The number of aliphatic carboxylic acids is 3. The summed E-state index contributed by atoms with van der Waals surface area (Å²) >= 11 is 0. The van der Waals surface area contributed by atoms with Crippen LogP contribution in [0.4, 0.5) is 0 Å². The van der Waals surface area contributed by atoms with E-state index in [1.54, 1.807) is 0 Å². The molecule has 0 bridgehead atoms. The van der Waals surface area contributed by atoms with Crippen LogP contribution in [-0.2, 0) is 28.8 Å². The van der Waals surface area contributed by atoms with Crippen molar-refractivity contribution in [2.75, 3.05) is 13.1 Å². The van der Waals surface area contributed by atoms with E-state index in [2.05, 4.69) is 16.0 Å². The monoisotopic (exact) mass is 456 g/mol. The zero-order chi connectivity index (χ0) is 23.8. The van der Waals surface area contributed by atoms with Crippen LogP contribution in [0.5, 0.6) is 0 Å². The van der Waals surface area contributed by atoms with E-state index < -0.39 is 72.6 Å². The van der Waals surface area contributed by atoms with Gasteiger partial charge in [0.15, 0.2) is 0 Å². The molecule has 6 N–H and O–H groups in total. The van der Waals surface area contributed by atoms with Gasteiger partial charge in [-0.05, 0) is 38.6 Å². The number of amides is 3. The first-order valence-electron chi connectivity index (χ1n) is 10.4. The number of nitrogens with zero attached hydrogens (tertiary/aromatic N) is 1. The van der Waals surface area contributed by atoms with Crippen LogP contribution < -0.4 is 16.0 Å². The average molecular weight is 456 g/mol. The fourth-order valence-electron chi connectivity index (χ4n) is 3.85. The molecule has 0 aliphatic carbocycles. The lowest BCUT2D eigenvalue weighted by molar-refractivity contribution is -0.147. The third-order valence-electron chi connectivity index (χ3n) is 5.47. The summed E-state index contributed by atoms with van der Waals surface area (Å²) in [5.41, 5.74) is 0. The van der Waals surface area contributed by atoms with Gasteiger partial charge in [-0.2, -0.15) is 0 Å². The first-order valence-corrected chi connectivity index (χ1v) is 10.4. The summed E-state index contributed by atoms with van der Waals surface area (Å²) in [6, 6.07) is -4.40. The van der Waals surface area contributed by atoms with Crippen LogP contribution in [0.3, 0.4) is 0 Å². The van der Waals surface area contributed by atoms with Crippen molar-refractivity contribution in [3.05, 3.63) is 0 Å². The number of carboxylic acid groups (broad SMARTS) is 3. The summed E-state index contributed by atoms with van der Waals surface area (Å²) in [4.78, 5) is 72.6. The molecule has 0 radical (unpaired) electrons. The average Bonchev–Trinajstić information content (AvgIpc) is 3.41. The number of carbonyl (C=O) groups is 6. The van der Waals surface area contributed by atoms with Crippen LogP contribution in [0.2, 0.25) is 0 Å². The molecule has 0 saturated carbocycles. The van der Waals surface area contributed by atoms with Crippen LogP contribution in [-0.4, -0.2) is 93.1 Å². The van der Waals surface area contributed by atoms with E-state index in [9.17, 15) is 39.0 Å². The van der Waals surface area contributed by atoms with Crippen LogP contribution in [0.25, 0.3) is 0 Å². The molecule has 0 aromatic heterocycles. The van der Waals surface area contributed by atoms with Gasteiger partial charge in [-0.25, -0.2) is 4.79 Å². The topological polar surface area (TPSA) is 202 Å². The van der Waals surface area contributed by atoms with Gasteiger partial charge in [0.1, 0.15) is 18.1 Å². The highest BCUT2D eigenvalue weighted by atomic mass is 16.4. The Morgan fingerprint density at radius 3 is 2.16 bits per heavy atom. The van der Waals surface area contributed by atoms with E-state index in [1.807, 2.05) is 0 Å². The summed E-state index contributed by atoms with van der Waals surface area (Å²) in [7, 11) is 0. The summed E-state index contributed by atoms with van der Waals surface area (Å²) in [6.07, 6.45) is 0.515. The molecule has 2 fully saturated rings. The normalized spacial score (nSPS) is 22.1. The van der Waals surface area contributed by atoms with Gasteiger partial charge in [0, 0.05) is 13.0 Å². The zero-order valence-corrected chi connectivity index (χ0v) is 17.4. The van der Waals surface area contributed by atoms with Crippen molar-refractivity contribution in [2.45, 2.75) is 69.1 Å². The van der Waals surface area contributed by atoms with E-state index in [1.165, 1.54) is 0 Å². The number of nitrogens with one attached hydrogen (secondary N) is 3. The lowest BCUT2D eigenvalue weighted by atomic mass is 10.1. The molecule has 3 amide bonds. The van der Waals surface area contributed by atoms with Gasteiger partial charge < -0.3 is 36.2 Å². The van der Waals surface area contributed by atoms with Gasteiger partial charge in [-0.3, -0.25) is 24.0 Å². The molecule has 4 atom stereocenters. The Kier molecular flexibility index (Phi) is 8.93. The molecule has 0 aromatic carbocycles. The molecule has 2 heterocycles. The van der Waals surface area contributed by atoms with E-state index in [-0.39, 0.29) is 19.4 Å². The Morgan fingerprint density at radius 1 is 0.906 bits per heavy atom. The van der Waals surface area contributed by atoms with Gasteiger partial charge >= 0.3 is 17.9 Å². The third kappa shape index (κ3) is 6.90. The Bertz CT molecular complexity index is 766. The minimum Gasteiger partial charge on any atom is -0.481 e. The van der Waals surface area contributed by atoms with Crippen LogP contribution in [0.15, 0.2) is 0 Å². The standard InChI is InChI=1S/C19H28N4O9/c24-14(25)6-5-11(19(31)32)21-17(29)13-4-2-8-23(13)18(30)12(9-15(26)27)22-16(28)10-3-1-7-20-10/h10-13,20H,1-9H2,(H,21,29)(H,22,28)(H,24,25)(H,26,27)(H,31,32). The Morgan fingerprint density at radius 2 is 1.59 bits per heavy atom. The molecule has 0 spiro atoms. The molecule has 13 nitrogen and oxygen atoms in total. The minimum absolute atomic E-state index is 0.136. The Labute approximate surface area is 183 Å². The maximum Gasteiger partial charge on any atom is 0.326 e. The zero-order valence-electron chi connectivity index (χ0n) is 17.4. The van der Waals surface area contributed by atoms with Crippen molar-refractivity contribution in [1.29, 1.82) is 0 Å². The minimum atomic E-state index is -1.45. The van der Waals surface area contributed by atoms with Crippen molar-refractivity contribution in [1.82, 2.24) is 20.9 Å². The summed E-state index contributed by atoms with van der Waals surface area (Å²) in [5, 5.41) is 34.8. The largest absolute Gasteiger partial charge is 0.481 e. The van der Waals surface area contributed by atoms with Crippen molar-refractivity contribution in [3.63, 3.8) is 0 Å². The molecular weight excluding hydrogens is 428 g/mol. The molecule has 32 heavy (non-hydrogen) atoms. The van der Waals surface area contributed by atoms with Gasteiger partial charge in [-0.15, -0.1) is 0 Å². The fraction of sp³-hybridized carbons (Fsp3) is 0.684. The molecule has 2 saturated heterocycles. The van der Waals surface area contributed by atoms with Gasteiger partial charge in [-0.1, -0.05) is 0 Å². The Hall–Kier alpha value is -3.22. The van der Waals surface area contributed by atoms with Gasteiger partial charge in [0.25, 0.3) is 0 Å². The number of hydrogen-bond acceptors (Lipinski definition) is 7. The predicted octanol–water partition coefficient (Wildman–Crippen LogP) is -1.88. The quantitative estimate of drug-likeness (QED) is 0.204. The second kappa shape index (κ2) is 11.4. The SMILES string of the molecule is O=C(O)CCC(NC(=O)C1CCCN1C(=O)C(CC(=O)O)NC(=O)C1CCCN1)C(=O)O. The summed E-state index contributed by atoms with van der Waals surface area (Å²) in [5.74, 6) is -5.94. The molecule has 2 aliphatic rings. The Balaban J connectivity index is 2.08. The molecular formula is C19H28N4O9. The summed E-state index contributed by atoms with van der Waals surface area (Å²) < 4.78 is 0. The van der Waals surface area contributed by atoms with E-state index in [0.717, 1.165) is 11.3 Å². The van der Waals surface area contributed by atoms with E-state index in [0.29, 0.717) is 19.4 Å². The molecule has 2 rings (SSSR count). The second-order valence-corrected chi connectivity index (χ2v) is 7.83. The van der Waals surface area contributed by atoms with Gasteiger partial charge in [0.05, 0.1) is 12.5 Å². The van der Waals surface area contributed by atoms with Crippen molar-refractivity contribution in [2.24, 2.45) is 0 Å². The first-order chi connectivity index (χ1) is 15.1. The van der Waals surface area contributed by atoms with Crippen molar-refractivity contribution in [3.8, 4) is 0 Å². The van der Waals surface area contributed by atoms with Crippen LogP contribution in [0, 0.1) is 0 Å². The highest BCUT2D eigenvalue weighted by molar-refractivity contribution is 5.96. The maximum absolute atomic E-state index is 13.0. The van der Waals surface area contributed by atoms with Crippen LogP contribution >= 0.6 is 0 Å². The molecule has 4 unspecified atom stereocenters. The first kappa shape index (κ1) is 25.0. The number of likely N-dealkylation sites (tertiary alicyclic amines) is 1. The smallest absolute Gasteiger partial charge is 0.326 e. The third-order valence-corrected chi connectivity index (χ3v) is 5.47. The molecule has 178 valence electrons. The summed E-state index contributed by atoms with van der Waals surface area (Å²) in [6.45, 7) is 0.772. The number of carboxylic acids is 3. The lowest BCUT2D eigenvalue weighted by Crippen LogP contribution is -2.57. The van der Waals surface area contributed by atoms with Crippen molar-refractivity contribution >= 4 is 35.6 Å². The van der Waals surface area contributed by atoms with E-state index in [4.69, 9.17) is 5.11 Å².